The molecule has 5 nitrogen and oxygen atoms in total. The highest BCUT2D eigenvalue weighted by Gasteiger charge is 2.23. The summed E-state index contributed by atoms with van der Waals surface area (Å²) in [4.78, 5) is 15.8. The minimum absolute atomic E-state index is 0.117. The Bertz CT molecular complexity index is 450. The number of para-hydroxylation sites is 1. The number of benzene rings is 1. The zero-order valence-corrected chi connectivity index (χ0v) is 12.8. The summed E-state index contributed by atoms with van der Waals surface area (Å²) in [6.07, 6.45) is 0.593. The first kappa shape index (κ1) is 15.6. The minimum atomic E-state index is -0.499. The van der Waals surface area contributed by atoms with Gasteiger partial charge < -0.3 is 20.2 Å². The molecule has 1 aromatic carbocycles. The van der Waals surface area contributed by atoms with Gasteiger partial charge >= 0.3 is 6.03 Å². The molecule has 0 aromatic heterocycles. The van der Waals surface area contributed by atoms with Crippen molar-refractivity contribution in [2.45, 2.75) is 19.4 Å². The van der Waals surface area contributed by atoms with Gasteiger partial charge in [0.1, 0.15) is 0 Å². The molecule has 1 saturated heterocycles. The van der Waals surface area contributed by atoms with E-state index in [9.17, 15) is 9.90 Å². The van der Waals surface area contributed by atoms with Crippen molar-refractivity contribution in [2.24, 2.45) is 5.92 Å². The van der Waals surface area contributed by atoms with Crippen LogP contribution in [0.5, 0.6) is 0 Å². The average molecular weight is 291 g/mol. The molecule has 2 rings (SSSR count). The Hall–Kier alpha value is -1.75. The van der Waals surface area contributed by atoms with Gasteiger partial charge in [-0.15, -0.1) is 0 Å². The molecule has 0 radical (unpaired) electrons. The van der Waals surface area contributed by atoms with Crippen LogP contribution in [-0.4, -0.2) is 55.4 Å². The molecule has 2 N–H and O–H groups in total. The highest BCUT2D eigenvalue weighted by atomic mass is 16.3. The van der Waals surface area contributed by atoms with Gasteiger partial charge in [0, 0.05) is 38.9 Å². The number of rotatable bonds is 5. The van der Waals surface area contributed by atoms with Gasteiger partial charge in [-0.1, -0.05) is 18.2 Å². The Morgan fingerprint density at radius 1 is 1.48 bits per heavy atom. The Labute approximate surface area is 126 Å². The van der Waals surface area contributed by atoms with E-state index in [1.165, 1.54) is 10.6 Å². The fourth-order valence-corrected chi connectivity index (χ4v) is 2.72. The third-order valence-electron chi connectivity index (χ3n) is 3.83. The molecule has 1 aliphatic rings. The van der Waals surface area contributed by atoms with Gasteiger partial charge in [0.2, 0.25) is 0 Å². The lowest BCUT2D eigenvalue weighted by Crippen LogP contribution is -2.42. The van der Waals surface area contributed by atoms with Gasteiger partial charge in [-0.3, -0.25) is 0 Å². The molecule has 2 unspecified atom stereocenters. The smallest absolute Gasteiger partial charge is 0.317 e. The fraction of sp³-hybridized carbons (Fsp3) is 0.562. The van der Waals surface area contributed by atoms with Gasteiger partial charge in [-0.25, -0.2) is 4.79 Å². The number of urea groups is 1. The van der Waals surface area contributed by atoms with E-state index in [2.05, 4.69) is 34.5 Å². The summed E-state index contributed by atoms with van der Waals surface area (Å²) in [5.74, 6) is 0.481. The van der Waals surface area contributed by atoms with E-state index in [0.717, 1.165) is 19.5 Å². The standard InChI is InChI=1S/C16H25N3O2/c1-13(20)11-18(2)16(21)17-10-14-8-9-19(12-14)15-6-4-3-5-7-15/h3-7,13-14,20H,8-12H2,1-2H3,(H,17,21). The normalized spacial score (nSPS) is 19.4. The van der Waals surface area contributed by atoms with Crippen molar-refractivity contribution < 1.29 is 9.90 Å². The summed E-state index contributed by atoms with van der Waals surface area (Å²) < 4.78 is 0. The van der Waals surface area contributed by atoms with Crippen LogP contribution < -0.4 is 10.2 Å². The summed E-state index contributed by atoms with van der Waals surface area (Å²) >= 11 is 0. The van der Waals surface area contributed by atoms with E-state index in [4.69, 9.17) is 0 Å². The van der Waals surface area contributed by atoms with Crippen LogP contribution >= 0.6 is 0 Å². The molecule has 21 heavy (non-hydrogen) atoms. The largest absolute Gasteiger partial charge is 0.392 e. The number of hydrogen-bond donors (Lipinski definition) is 2. The number of anilines is 1. The van der Waals surface area contributed by atoms with Crippen LogP contribution in [0.2, 0.25) is 0 Å². The number of carbonyl (C=O) groups is 1. The molecule has 1 heterocycles. The van der Waals surface area contributed by atoms with Crippen molar-refractivity contribution in [1.29, 1.82) is 0 Å². The maximum Gasteiger partial charge on any atom is 0.317 e. The van der Waals surface area contributed by atoms with Gasteiger partial charge in [-0.05, 0) is 31.4 Å². The third kappa shape index (κ3) is 4.63. The van der Waals surface area contributed by atoms with Crippen LogP contribution in [0.25, 0.3) is 0 Å². The SMILES string of the molecule is CC(O)CN(C)C(=O)NCC1CCN(c2ccccc2)C1. The van der Waals surface area contributed by atoms with Crippen molar-refractivity contribution in [3.05, 3.63) is 30.3 Å². The first-order chi connectivity index (χ1) is 10.1. The number of aliphatic hydroxyl groups is 1. The topological polar surface area (TPSA) is 55.8 Å². The molecule has 1 fully saturated rings. The summed E-state index contributed by atoms with van der Waals surface area (Å²) in [5, 5.41) is 12.2. The summed E-state index contributed by atoms with van der Waals surface area (Å²) in [6, 6.07) is 10.3. The van der Waals surface area contributed by atoms with E-state index >= 15 is 0 Å². The van der Waals surface area contributed by atoms with Gasteiger partial charge in [0.25, 0.3) is 0 Å². The minimum Gasteiger partial charge on any atom is -0.392 e. The molecule has 0 aliphatic carbocycles. The van der Waals surface area contributed by atoms with Crippen molar-refractivity contribution in [2.75, 3.05) is 38.1 Å². The lowest BCUT2D eigenvalue weighted by molar-refractivity contribution is 0.143. The number of hydrogen-bond acceptors (Lipinski definition) is 3. The van der Waals surface area contributed by atoms with Gasteiger partial charge in [-0.2, -0.15) is 0 Å². The van der Waals surface area contributed by atoms with Crippen LogP contribution in [0, 0.1) is 5.92 Å². The monoisotopic (exact) mass is 291 g/mol. The predicted molar refractivity (Wildman–Crippen MR) is 84.5 cm³/mol. The highest BCUT2D eigenvalue weighted by Crippen LogP contribution is 2.22. The molecule has 5 heteroatoms. The number of carbonyl (C=O) groups excluding carboxylic acids is 1. The Morgan fingerprint density at radius 2 is 2.19 bits per heavy atom. The lowest BCUT2D eigenvalue weighted by Gasteiger charge is -2.21. The second-order valence-electron chi connectivity index (χ2n) is 5.85. The van der Waals surface area contributed by atoms with Gasteiger partial charge in [0.05, 0.1) is 6.10 Å². The Balaban J connectivity index is 1.74. The van der Waals surface area contributed by atoms with Crippen molar-refractivity contribution in [3.8, 4) is 0 Å². The molecular weight excluding hydrogens is 266 g/mol. The van der Waals surface area contributed by atoms with Crippen LogP contribution in [0.4, 0.5) is 10.5 Å². The van der Waals surface area contributed by atoms with E-state index in [-0.39, 0.29) is 6.03 Å². The Morgan fingerprint density at radius 3 is 2.86 bits per heavy atom. The summed E-state index contributed by atoms with van der Waals surface area (Å²) in [6.45, 7) is 4.73. The van der Waals surface area contributed by atoms with Crippen LogP contribution in [0.1, 0.15) is 13.3 Å². The maximum absolute atomic E-state index is 11.9. The molecule has 1 aliphatic heterocycles. The second-order valence-corrected chi connectivity index (χ2v) is 5.85. The zero-order valence-electron chi connectivity index (χ0n) is 12.8. The molecule has 2 amide bonds. The highest BCUT2D eigenvalue weighted by molar-refractivity contribution is 5.73. The van der Waals surface area contributed by atoms with Crippen molar-refractivity contribution in [3.63, 3.8) is 0 Å². The Kier molecular flexibility index (Phi) is 5.44. The quantitative estimate of drug-likeness (QED) is 0.865. The number of amides is 2. The molecule has 2 atom stereocenters. The van der Waals surface area contributed by atoms with Crippen molar-refractivity contribution in [1.82, 2.24) is 10.2 Å². The van der Waals surface area contributed by atoms with E-state index in [1.807, 2.05) is 6.07 Å². The zero-order chi connectivity index (χ0) is 15.2. The van der Waals surface area contributed by atoms with E-state index in [0.29, 0.717) is 19.0 Å². The summed E-state index contributed by atoms with van der Waals surface area (Å²) in [7, 11) is 1.70. The first-order valence-corrected chi connectivity index (χ1v) is 7.53. The van der Waals surface area contributed by atoms with Gasteiger partial charge in [0.15, 0.2) is 0 Å². The molecular formula is C16H25N3O2. The molecule has 0 spiro atoms. The molecule has 116 valence electrons. The number of likely N-dealkylation sites (N-methyl/N-ethyl adjacent to an activating group) is 1. The number of nitrogens with zero attached hydrogens (tertiary/aromatic N) is 2. The summed E-state index contributed by atoms with van der Waals surface area (Å²) in [5.41, 5.74) is 1.25. The van der Waals surface area contributed by atoms with Crippen molar-refractivity contribution >= 4 is 11.7 Å². The molecule has 0 bridgehead atoms. The fourth-order valence-electron chi connectivity index (χ4n) is 2.72. The van der Waals surface area contributed by atoms with Crippen LogP contribution in [-0.2, 0) is 0 Å². The molecule has 1 aromatic rings. The van der Waals surface area contributed by atoms with Crippen LogP contribution in [0.15, 0.2) is 30.3 Å². The number of aliphatic hydroxyl groups excluding tert-OH is 1. The average Bonchev–Trinajstić information content (AvgIpc) is 2.94. The maximum atomic E-state index is 11.9. The third-order valence-corrected chi connectivity index (χ3v) is 3.83. The molecule has 0 saturated carbocycles. The lowest BCUT2D eigenvalue weighted by atomic mass is 10.1. The second kappa shape index (κ2) is 7.31. The number of nitrogens with one attached hydrogen (secondary N) is 1. The predicted octanol–water partition coefficient (Wildman–Crippen LogP) is 1.54. The van der Waals surface area contributed by atoms with E-state index < -0.39 is 6.10 Å². The first-order valence-electron chi connectivity index (χ1n) is 7.53. The van der Waals surface area contributed by atoms with E-state index in [1.54, 1.807) is 14.0 Å². The van der Waals surface area contributed by atoms with Crippen LogP contribution in [0.3, 0.4) is 0 Å².